The molecule has 0 saturated carbocycles. The van der Waals surface area contributed by atoms with Crippen LogP contribution in [0.15, 0.2) is 46.1 Å². The quantitative estimate of drug-likeness (QED) is 0.588. The summed E-state index contributed by atoms with van der Waals surface area (Å²) in [4.78, 5) is 25.4. The number of H-pyrrole nitrogens is 1. The van der Waals surface area contributed by atoms with Crippen LogP contribution in [-0.2, 0) is 14.1 Å². The molecule has 0 unspecified atom stereocenters. The van der Waals surface area contributed by atoms with Gasteiger partial charge in [-0.15, -0.1) is 5.10 Å². The number of aromatic amines is 1. The summed E-state index contributed by atoms with van der Waals surface area (Å²) in [7, 11) is 3.08. The normalized spacial score (nSPS) is 11.3. The fraction of sp³-hybridized carbons (Fsp3) is 0.125. The minimum Gasteiger partial charge on any atom is -0.278 e. The molecular weight excluding hydrogens is 344 g/mol. The van der Waals surface area contributed by atoms with E-state index in [0.717, 1.165) is 0 Å². The summed E-state index contributed by atoms with van der Waals surface area (Å²) in [5.74, 6) is 0. The number of halogens is 1. The standard InChI is InChI=1S/C16H13ClN6O2/c1-21-16(25)23-14(20-21)13(11-7-8-18-19-11)12(15(24)22(23)2)9-3-5-10(17)6-4-9/h3-8H,1-2H3,(H,18,19). The number of benzene rings is 1. The van der Waals surface area contributed by atoms with Gasteiger partial charge in [-0.25, -0.2) is 14.2 Å². The predicted molar refractivity (Wildman–Crippen MR) is 93.7 cm³/mol. The van der Waals surface area contributed by atoms with Gasteiger partial charge < -0.3 is 0 Å². The van der Waals surface area contributed by atoms with E-state index >= 15 is 0 Å². The van der Waals surface area contributed by atoms with Crippen molar-refractivity contribution in [2.24, 2.45) is 14.1 Å². The van der Waals surface area contributed by atoms with Gasteiger partial charge >= 0.3 is 5.69 Å². The molecule has 0 amide bonds. The smallest absolute Gasteiger partial charge is 0.278 e. The highest BCUT2D eigenvalue weighted by Crippen LogP contribution is 2.31. The second-order valence-electron chi connectivity index (χ2n) is 5.60. The van der Waals surface area contributed by atoms with E-state index in [4.69, 9.17) is 11.6 Å². The molecule has 0 radical (unpaired) electrons. The molecule has 0 spiro atoms. The first kappa shape index (κ1) is 15.4. The summed E-state index contributed by atoms with van der Waals surface area (Å²) in [6.07, 6.45) is 1.58. The summed E-state index contributed by atoms with van der Waals surface area (Å²) in [5.41, 5.74) is 1.84. The van der Waals surface area contributed by atoms with Gasteiger partial charge in [-0.05, 0) is 23.8 Å². The summed E-state index contributed by atoms with van der Waals surface area (Å²) < 4.78 is 3.70. The van der Waals surface area contributed by atoms with Crippen molar-refractivity contribution in [1.82, 2.24) is 29.2 Å². The second kappa shape index (κ2) is 5.45. The molecule has 1 N–H and O–H groups in total. The second-order valence-corrected chi connectivity index (χ2v) is 6.03. The van der Waals surface area contributed by atoms with Gasteiger partial charge in [-0.1, -0.05) is 23.7 Å². The van der Waals surface area contributed by atoms with Crippen molar-refractivity contribution in [3.05, 3.63) is 62.4 Å². The Balaban J connectivity index is 2.24. The number of aryl methyl sites for hydroxylation is 2. The highest BCUT2D eigenvalue weighted by molar-refractivity contribution is 6.30. The van der Waals surface area contributed by atoms with Crippen molar-refractivity contribution in [2.45, 2.75) is 0 Å². The molecule has 0 saturated heterocycles. The SMILES string of the molecule is Cn1nc2c(-c3ccn[nH]3)c(-c3ccc(Cl)cc3)c(=O)n(C)n2c1=O. The first-order valence-electron chi connectivity index (χ1n) is 7.43. The van der Waals surface area contributed by atoms with Gasteiger partial charge in [-0.3, -0.25) is 9.89 Å². The monoisotopic (exact) mass is 356 g/mol. The molecule has 0 fully saturated rings. The van der Waals surface area contributed by atoms with Crippen molar-refractivity contribution < 1.29 is 0 Å². The third-order valence-electron chi connectivity index (χ3n) is 4.09. The average molecular weight is 357 g/mol. The number of nitrogens with one attached hydrogen (secondary N) is 1. The minimum atomic E-state index is -0.405. The molecule has 3 aromatic heterocycles. The van der Waals surface area contributed by atoms with E-state index in [1.165, 1.54) is 20.9 Å². The zero-order valence-corrected chi connectivity index (χ0v) is 14.2. The summed E-state index contributed by atoms with van der Waals surface area (Å²) >= 11 is 5.97. The Morgan fingerprint density at radius 1 is 1.04 bits per heavy atom. The molecule has 3 heterocycles. The van der Waals surface area contributed by atoms with Crippen LogP contribution in [0.4, 0.5) is 0 Å². The van der Waals surface area contributed by atoms with Crippen LogP contribution in [0, 0.1) is 0 Å². The molecule has 0 aliphatic rings. The predicted octanol–water partition coefficient (Wildman–Crippen LogP) is 1.44. The largest absolute Gasteiger partial charge is 0.365 e. The van der Waals surface area contributed by atoms with Gasteiger partial charge in [-0.2, -0.15) is 9.61 Å². The van der Waals surface area contributed by atoms with Crippen molar-refractivity contribution >= 4 is 17.2 Å². The maximum Gasteiger partial charge on any atom is 0.365 e. The first-order valence-corrected chi connectivity index (χ1v) is 7.81. The zero-order valence-electron chi connectivity index (χ0n) is 13.4. The molecule has 4 aromatic rings. The van der Waals surface area contributed by atoms with Gasteiger partial charge in [0.2, 0.25) is 0 Å². The number of rotatable bonds is 2. The number of hydrogen-bond donors (Lipinski definition) is 1. The Morgan fingerprint density at radius 2 is 1.76 bits per heavy atom. The molecule has 0 bridgehead atoms. The van der Waals surface area contributed by atoms with Crippen LogP contribution in [-0.4, -0.2) is 29.2 Å². The van der Waals surface area contributed by atoms with Crippen LogP contribution in [0.1, 0.15) is 0 Å². The number of nitrogens with zero attached hydrogens (tertiary/aromatic N) is 5. The fourth-order valence-corrected chi connectivity index (χ4v) is 3.01. The van der Waals surface area contributed by atoms with Crippen LogP contribution >= 0.6 is 11.6 Å². The lowest BCUT2D eigenvalue weighted by Crippen LogP contribution is -2.32. The van der Waals surface area contributed by atoms with E-state index in [0.29, 0.717) is 33.1 Å². The lowest BCUT2D eigenvalue weighted by molar-refractivity contribution is 0.620. The molecule has 1 aromatic carbocycles. The number of aromatic nitrogens is 6. The summed E-state index contributed by atoms with van der Waals surface area (Å²) in [5, 5.41) is 11.7. The van der Waals surface area contributed by atoms with Gasteiger partial charge in [0.25, 0.3) is 5.56 Å². The molecule has 9 heteroatoms. The summed E-state index contributed by atoms with van der Waals surface area (Å²) in [6.45, 7) is 0. The van der Waals surface area contributed by atoms with E-state index in [2.05, 4.69) is 15.3 Å². The number of fused-ring (bicyclic) bond motifs is 1. The molecule has 0 aliphatic heterocycles. The zero-order chi connectivity index (χ0) is 17.7. The van der Waals surface area contributed by atoms with Crippen molar-refractivity contribution in [3.63, 3.8) is 0 Å². The topological polar surface area (TPSA) is 90.0 Å². The third-order valence-corrected chi connectivity index (χ3v) is 4.34. The minimum absolute atomic E-state index is 0.325. The van der Waals surface area contributed by atoms with Crippen molar-refractivity contribution in [2.75, 3.05) is 0 Å². The van der Waals surface area contributed by atoms with Crippen molar-refractivity contribution in [1.29, 1.82) is 0 Å². The van der Waals surface area contributed by atoms with E-state index in [1.54, 1.807) is 43.6 Å². The Labute approximate surface area is 145 Å². The lowest BCUT2D eigenvalue weighted by atomic mass is 10.00. The summed E-state index contributed by atoms with van der Waals surface area (Å²) in [6, 6.07) is 8.67. The molecule has 4 rings (SSSR count). The van der Waals surface area contributed by atoms with Crippen LogP contribution in [0.3, 0.4) is 0 Å². The molecule has 0 aliphatic carbocycles. The van der Waals surface area contributed by atoms with Crippen LogP contribution < -0.4 is 11.2 Å². The van der Waals surface area contributed by atoms with E-state index in [-0.39, 0.29) is 5.56 Å². The molecule has 0 atom stereocenters. The van der Waals surface area contributed by atoms with Crippen LogP contribution in [0.2, 0.25) is 5.02 Å². The Hall–Kier alpha value is -3.13. The number of hydrogen-bond acceptors (Lipinski definition) is 4. The van der Waals surface area contributed by atoms with Gasteiger partial charge in [0.05, 0.1) is 16.8 Å². The molecular formula is C16H13ClN6O2. The van der Waals surface area contributed by atoms with Crippen LogP contribution in [0.25, 0.3) is 28.0 Å². The van der Waals surface area contributed by atoms with Crippen LogP contribution in [0.5, 0.6) is 0 Å². The Kier molecular flexibility index (Phi) is 3.36. The van der Waals surface area contributed by atoms with Gasteiger partial charge in [0.15, 0.2) is 5.65 Å². The molecule has 8 nitrogen and oxygen atoms in total. The van der Waals surface area contributed by atoms with E-state index in [9.17, 15) is 9.59 Å². The van der Waals surface area contributed by atoms with Crippen molar-refractivity contribution in [3.8, 4) is 22.4 Å². The highest BCUT2D eigenvalue weighted by atomic mass is 35.5. The van der Waals surface area contributed by atoms with Gasteiger partial charge in [0, 0.05) is 25.3 Å². The van der Waals surface area contributed by atoms with E-state index in [1.807, 2.05) is 0 Å². The fourth-order valence-electron chi connectivity index (χ4n) is 2.89. The molecule has 126 valence electrons. The first-order chi connectivity index (χ1) is 12.0. The lowest BCUT2D eigenvalue weighted by Gasteiger charge is -2.12. The van der Waals surface area contributed by atoms with Gasteiger partial charge in [0.1, 0.15) is 0 Å². The highest BCUT2D eigenvalue weighted by Gasteiger charge is 2.23. The maximum atomic E-state index is 13.0. The average Bonchev–Trinajstić information content (AvgIpc) is 3.21. The molecule has 25 heavy (non-hydrogen) atoms. The Bertz CT molecular complexity index is 1200. The Morgan fingerprint density at radius 3 is 2.40 bits per heavy atom. The van der Waals surface area contributed by atoms with E-state index < -0.39 is 5.69 Å². The maximum absolute atomic E-state index is 13.0. The third kappa shape index (κ3) is 2.22.